The Morgan fingerprint density at radius 2 is 2.10 bits per heavy atom. The van der Waals surface area contributed by atoms with Crippen molar-refractivity contribution in [1.29, 1.82) is 0 Å². The molecule has 6 heteroatoms. The normalized spacial score (nSPS) is 15.7. The Morgan fingerprint density at radius 3 is 2.76 bits per heavy atom. The lowest BCUT2D eigenvalue weighted by Gasteiger charge is -2.26. The summed E-state index contributed by atoms with van der Waals surface area (Å²) in [6.07, 6.45) is 6.22. The summed E-state index contributed by atoms with van der Waals surface area (Å²) in [6.45, 7) is 2.82. The summed E-state index contributed by atoms with van der Waals surface area (Å²) in [7, 11) is 1.81. The number of amides is 1. The van der Waals surface area contributed by atoms with Gasteiger partial charge in [0.2, 0.25) is 5.01 Å². The van der Waals surface area contributed by atoms with Gasteiger partial charge in [0.25, 0.3) is 5.91 Å². The first-order valence-corrected chi connectivity index (χ1v) is 8.38. The standard InChI is InChI=1S/C15H22N2O3S/c1-3-20-15(19)13-16-12(10-21-13)14(18)17(2)9-11-7-5-4-6-8-11/h10-11H,3-9H2,1-2H3. The predicted octanol–water partition coefficient (Wildman–Crippen LogP) is 2.97. The molecule has 0 unspecified atom stereocenters. The second-order valence-electron chi connectivity index (χ2n) is 5.45. The van der Waals surface area contributed by atoms with E-state index in [4.69, 9.17) is 4.74 Å². The summed E-state index contributed by atoms with van der Waals surface area (Å²) in [5.74, 6) is 0.0136. The van der Waals surface area contributed by atoms with Crippen LogP contribution in [0.15, 0.2) is 5.38 Å². The fraction of sp³-hybridized carbons (Fsp3) is 0.667. The summed E-state index contributed by atoms with van der Waals surface area (Å²) in [4.78, 5) is 29.7. The summed E-state index contributed by atoms with van der Waals surface area (Å²) in [5.41, 5.74) is 0.335. The Morgan fingerprint density at radius 1 is 1.38 bits per heavy atom. The molecule has 0 radical (unpaired) electrons. The minimum atomic E-state index is -0.462. The van der Waals surface area contributed by atoms with Crippen LogP contribution in [0.4, 0.5) is 0 Å². The number of esters is 1. The molecule has 21 heavy (non-hydrogen) atoms. The molecule has 1 heterocycles. The minimum Gasteiger partial charge on any atom is -0.461 e. The molecule has 1 amide bonds. The van der Waals surface area contributed by atoms with Gasteiger partial charge in [0.05, 0.1) is 6.61 Å². The maximum Gasteiger partial charge on any atom is 0.367 e. The van der Waals surface area contributed by atoms with Gasteiger partial charge in [-0.25, -0.2) is 9.78 Å². The van der Waals surface area contributed by atoms with E-state index in [0.29, 0.717) is 18.2 Å². The van der Waals surface area contributed by atoms with E-state index < -0.39 is 5.97 Å². The molecular formula is C15H22N2O3S. The SMILES string of the molecule is CCOC(=O)c1nc(C(=O)N(C)CC2CCCCC2)cs1. The van der Waals surface area contributed by atoms with Crippen molar-refractivity contribution in [3.05, 3.63) is 16.1 Å². The zero-order valence-corrected chi connectivity index (χ0v) is 13.4. The van der Waals surface area contributed by atoms with Crippen molar-refractivity contribution in [2.75, 3.05) is 20.2 Å². The number of carbonyl (C=O) groups is 2. The van der Waals surface area contributed by atoms with Gasteiger partial charge < -0.3 is 9.64 Å². The Bertz CT molecular complexity index is 495. The van der Waals surface area contributed by atoms with Crippen LogP contribution < -0.4 is 0 Å². The van der Waals surface area contributed by atoms with Crippen molar-refractivity contribution in [3.63, 3.8) is 0 Å². The fourth-order valence-corrected chi connectivity index (χ4v) is 3.38. The average molecular weight is 310 g/mol. The van der Waals surface area contributed by atoms with Gasteiger partial charge in [0.15, 0.2) is 0 Å². The van der Waals surface area contributed by atoms with Gasteiger partial charge in [-0.1, -0.05) is 19.3 Å². The highest BCUT2D eigenvalue weighted by Crippen LogP contribution is 2.24. The van der Waals surface area contributed by atoms with E-state index in [2.05, 4.69) is 4.98 Å². The predicted molar refractivity (Wildman–Crippen MR) is 81.6 cm³/mol. The van der Waals surface area contributed by atoms with Crippen LogP contribution >= 0.6 is 11.3 Å². The lowest BCUT2D eigenvalue weighted by atomic mass is 9.89. The van der Waals surface area contributed by atoms with Crippen LogP contribution in [0.3, 0.4) is 0 Å². The van der Waals surface area contributed by atoms with Crippen LogP contribution in [-0.4, -0.2) is 42.0 Å². The van der Waals surface area contributed by atoms with E-state index in [-0.39, 0.29) is 10.9 Å². The Kier molecular flexibility index (Phi) is 5.73. The Balaban J connectivity index is 1.94. The molecule has 1 aromatic rings. The van der Waals surface area contributed by atoms with E-state index in [1.165, 1.54) is 32.1 Å². The third-order valence-electron chi connectivity index (χ3n) is 3.78. The smallest absolute Gasteiger partial charge is 0.367 e. The number of nitrogens with zero attached hydrogens (tertiary/aromatic N) is 2. The van der Waals surface area contributed by atoms with Crippen molar-refractivity contribution in [3.8, 4) is 0 Å². The number of thiazole rings is 1. The first-order chi connectivity index (χ1) is 10.1. The monoisotopic (exact) mass is 310 g/mol. The molecule has 0 aliphatic heterocycles. The molecule has 2 rings (SSSR count). The van der Waals surface area contributed by atoms with Crippen LogP contribution in [0.2, 0.25) is 0 Å². The van der Waals surface area contributed by atoms with Crippen molar-refractivity contribution < 1.29 is 14.3 Å². The molecule has 116 valence electrons. The summed E-state index contributed by atoms with van der Waals surface area (Å²) >= 11 is 1.16. The zero-order chi connectivity index (χ0) is 15.2. The number of rotatable bonds is 5. The highest BCUT2D eigenvalue weighted by atomic mass is 32.1. The largest absolute Gasteiger partial charge is 0.461 e. The van der Waals surface area contributed by atoms with Gasteiger partial charge >= 0.3 is 5.97 Å². The van der Waals surface area contributed by atoms with Crippen LogP contribution in [0.1, 0.15) is 59.3 Å². The average Bonchev–Trinajstić information content (AvgIpc) is 2.97. The number of carbonyl (C=O) groups excluding carboxylic acids is 2. The van der Waals surface area contributed by atoms with Gasteiger partial charge in [-0.05, 0) is 25.7 Å². The molecule has 0 aromatic carbocycles. The second kappa shape index (κ2) is 7.54. The molecule has 0 spiro atoms. The maximum atomic E-state index is 12.3. The van der Waals surface area contributed by atoms with Gasteiger partial charge in [0.1, 0.15) is 5.69 Å². The maximum absolute atomic E-state index is 12.3. The first kappa shape index (κ1) is 15.9. The molecule has 1 aliphatic rings. The molecule has 1 aromatic heterocycles. The lowest BCUT2D eigenvalue weighted by Crippen LogP contribution is -2.32. The topological polar surface area (TPSA) is 59.5 Å². The second-order valence-corrected chi connectivity index (χ2v) is 6.31. The van der Waals surface area contributed by atoms with Crippen LogP contribution in [-0.2, 0) is 4.74 Å². The molecule has 1 aliphatic carbocycles. The molecule has 0 saturated heterocycles. The zero-order valence-electron chi connectivity index (χ0n) is 12.6. The van der Waals surface area contributed by atoms with Crippen LogP contribution in [0, 0.1) is 5.92 Å². The van der Waals surface area contributed by atoms with Crippen LogP contribution in [0.25, 0.3) is 0 Å². The third-order valence-corrected chi connectivity index (χ3v) is 4.60. The summed E-state index contributed by atoms with van der Waals surface area (Å²) in [5, 5.41) is 1.87. The fourth-order valence-electron chi connectivity index (χ4n) is 2.69. The molecule has 5 nitrogen and oxygen atoms in total. The number of ether oxygens (including phenoxy) is 1. The number of aromatic nitrogens is 1. The van der Waals surface area contributed by atoms with E-state index in [0.717, 1.165) is 17.9 Å². The van der Waals surface area contributed by atoms with Crippen molar-refractivity contribution >= 4 is 23.2 Å². The van der Waals surface area contributed by atoms with E-state index in [1.54, 1.807) is 24.3 Å². The minimum absolute atomic E-state index is 0.118. The summed E-state index contributed by atoms with van der Waals surface area (Å²) < 4.78 is 4.89. The summed E-state index contributed by atoms with van der Waals surface area (Å²) in [6, 6.07) is 0. The highest BCUT2D eigenvalue weighted by molar-refractivity contribution is 7.11. The van der Waals surface area contributed by atoms with Crippen LogP contribution in [0.5, 0.6) is 0 Å². The van der Waals surface area contributed by atoms with E-state index in [9.17, 15) is 9.59 Å². The lowest BCUT2D eigenvalue weighted by molar-refractivity contribution is 0.0526. The Hall–Kier alpha value is -1.43. The Labute approximate surface area is 129 Å². The number of hydrogen-bond acceptors (Lipinski definition) is 5. The molecule has 0 N–H and O–H groups in total. The van der Waals surface area contributed by atoms with Crippen molar-refractivity contribution in [2.45, 2.75) is 39.0 Å². The highest BCUT2D eigenvalue weighted by Gasteiger charge is 2.22. The third kappa shape index (κ3) is 4.27. The molecule has 1 saturated carbocycles. The van der Waals surface area contributed by atoms with Gasteiger partial charge in [0, 0.05) is 19.0 Å². The van der Waals surface area contributed by atoms with Crippen molar-refractivity contribution in [1.82, 2.24) is 9.88 Å². The van der Waals surface area contributed by atoms with Gasteiger partial charge in [-0.15, -0.1) is 11.3 Å². The van der Waals surface area contributed by atoms with Crippen molar-refractivity contribution in [2.24, 2.45) is 5.92 Å². The van der Waals surface area contributed by atoms with Gasteiger partial charge in [-0.3, -0.25) is 4.79 Å². The molecule has 1 fully saturated rings. The first-order valence-electron chi connectivity index (χ1n) is 7.50. The molecule has 0 atom stereocenters. The molecular weight excluding hydrogens is 288 g/mol. The van der Waals surface area contributed by atoms with Gasteiger partial charge in [-0.2, -0.15) is 0 Å². The molecule has 0 bridgehead atoms. The quantitative estimate of drug-likeness (QED) is 0.785. The van der Waals surface area contributed by atoms with E-state index in [1.807, 2.05) is 0 Å². The number of hydrogen-bond donors (Lipinski definition) is 0. The van der Waals surface area contributed by atoms with E-state index >= 15 is 0 Å².